The van der Waals surface area contributed by atoms with Gasteiger partial charge in [-0.1, -0.05) is 23.7 Å². The molecule has 66 valence electrons. The normalized spacial score (nSPS) is 10.3. The van der Waals surface area contributed by atoms with Gasteiger partial charge in [-0.15, -0.1) is 0 Å². The van der Waals surface area contributed by atoms with Gasteiger partial charge in [0.1, 0.15) is 0 Å². The zero-order chi connectivity index (χ0) is 9.26. The van der Waals surface area contributed by atoms with Crippen LogP contribution in [0.2, 0.25) is 5.02 Å². The molecule has 0 atom stereocenters. The van der Waals surface area contributed by atoms with E-state index in [9.17, 15) is 0 Å². The Labute approximate surface area is 94.3 Å². The molecule has 1 heterocycles. The van der Waals surface area contributed by atoms with Gasteiger partial charge in [-0.2, -0.15) is 11.3 Å². The molecule has 0 aliphatic rings. The van der Waals surface area contributed by atoms with Crippen LogP contribution in [0.5, 0.6) is 0 Å². The highest BCUT2D eigenvalue weighted by atomic mass is 79.9. The Bertz CT molecular complexity index is 405. The fourth-order valence-electron chi connectivity index (χ4n) is 1.12. The highest BCUT2D eigenvalue weighted by Gasteiger charge is 2.02. The van der Waals surface area contributed by atoms with Crippen molar-refractivity contribution in [1.29, 1.82) is 0 Å². The summed E-state index contributed by atoms with van der Waals surface area (Å²) in [7, 11) is 0. The Hall–Kier alpha value is -0.310. The summed E-state index contributed by atoms with van der Waals surface area (Å²) in [5.41, 5.74) is 2.42. The first kappa shape index (κ1) is 9.25. The molecule has 2 aromatic rings. The van der Waals surface area contributed by atoms with Crippen LogP contribution in [-0.2, 0) is 0 Å². The van der Waals surface area contributed by atoms with Gasteiger partial charge in [-0.25, -0.2) is 0 Å². The molecule has 1 aromatic carbocycles. The van der Waals surface area contributed by atoms with Crippen molar-refractivity contribution in [1.82, 2.24) is 0 Å². The van der Waals surface area contributed by atoms with Crippen molar-refractivity contribution >= 4 is 38.9 Å². The molecule has 0 saturated carbocycles. The molecule has 0 bridgehead atoms. The van der Waals surface area contributed by atoms with E-state index in [2.05, 4.69) is 26.7 Å². The standard InChI is InChI=1S/C10H6BrClS/c11-10-6-13-5-9(10)7-1-3-8(12)4-2-7/h1-6H. The van der Waals surface area contributed by atoms with E-state index in [4.69, 9.17) is 11.6 Å². The second-order valence-corrected chi connectivity index (χ2v) is 4.67. The molecule has 13 heavy (non-hydrogen) atoms. The van der Waals surface area contributed by atoms with Gasteiger partial charge in [0.05, 0.1) is 0 Å². The molecule has 0 N–H and O–H groups in total. The highest BCUT2D eigenvalue weighted by Crippen LogP contribution is 2.31. The number of rotatable bonds is 1. The van der Waals surface area contributed by atoms with Crippen molar-refractivity contribution in [2.45, 2.75) is 0 Å². The third kappa shape index (κ3) is 1.96. The molecule has 0 unspecified atom stereocenters. The Morgan fingerprint density at radius 1 is 1.08 bits per heavy atom. The summed E-state index contributed by atoms with van der Waals surface area (Å²) < 4.78 is 1.14. The molecule has 0 aliphatic heterocycles. The number of thiophene rings is 1. The largest absolute Gasteiger partial charge is 0.151 e. The van der Waals surface area contributed by atoms with Crippen molar-refractivity contribution in [2.75, 3.05) is 0 Å². The van der Waals surface area contributed by atoms with Gasteiger partial charge < -0.3 is 0 Å². The van der Waals surface area contributed by atoms with Crippen LogP contribution in [0.3, 0.4) is 0 Å². The van der Waals surface area contributed by atoms with Gasteiger partial charge in [0.25, 0.3) is 0 Å². The number of hydrogen-bond donors (Lipinski definition) is 0. The molecule has 0 spiro atoms. The van der Waals surface area contributed by atoms with Gasteiger partial charge in [-0.05, 0) is 39.0 Å². The van der Waals surface area contributed by atoms with Crippen LogP contribution in [0.4, 0.5) is 0 Å². The topological polar surface area (TPSA) is 0 Å². The van der Waals surface area contributed by atoms with E-state index >= 15 is 0 Å². The first-order valence-electron chi connectivity index (χ1n) is 3.75. The molecule has 0 saturated heterocycles. The highest BCUT2D eigenvalue weighted by molar-refractivity contribution is 9.10. The van der Waals surface area contributed by atoms with Gasteiger partial charge in [0, 0.05) is 20.4 Å². The van der Waals surface area contributed by atoms with Crippen LogP contribution in [0.1, 0.15) is 0 Å². The van der Waals surface area contributed by atoms with Crippen LogP contribution in [0, 0.1) is 0 Å². The minimum atomic E-state index is 0.773. The lowest BCUT2D eigenvalue weighted by Gasteiger charge is -1.98. The summed E-state index contributed by atoms with van der Waals surface area (Å²) >= 11 is 11.0. The van der Waals surface area contributed by atoms with E-state index in [1.165, 1.54) is 11.1 Å². The molecule has 0 nitrogen and oxygen atoms in total. The zero-order valence-corrected chi connectivity index (χ0v) is 9.79. The summed E-state index contributed by atoms with van der Waals surface area (Å²) in [6, 6.07) is 7.85. The van der Waals surface area contributed by atoms with E-state index < -0.39 is 0 Å². The molecule has 0 radical (unpaired) electrons. The third-order valence-corrected chi connectivity index (χ3v) is 3.72. The lowest BCUT2D eigenvalue weighted by molar-refractivity contribution is 1.66. The van der Waals surface area contributed by atoms with Gasteiger partial charge in [0.15, 0.2) is 0 Å². The molecule has 2 rings (SSSR count). The number of hydrogen-bond acceptors (Lipinski definition) is 1. The van der Waals surface area contributed by atoms with E-state index in [1.807, 2.05) is 24.3 Å². The summed E-state index contributed by atoms with van der Waals surface area (Å²) in [6.45, 7) is 0. The predicted molar refractivity (Wildman–Crippen MR) is 62.5 cm³/mol. The summed E-state index contributed by atoms with van der Waals surface area (Å²) in [6.07, 6.45) is 0. The van der Waals surface area contributed by atoms with Crippen LogP contribution in [0.25, 0.3) is 11.1 Å². The van der Waals surface area contributed by atoms with E-state index in [-0.39, 0.29) is 0 Å². The lowest BCUT2D eigenvalue weighted by Crippen LogP contribution is -1.73. The minimum absolute atomic E-state index is 0.773. The Kier molecular flexibility index (Phi) is 2.72. The number of benzene rings is 1. The van der Waals surface area contributed by atoms with Gasteiger partial charge in [0.2, 0.25) is 0 Å². The monoisotopic (exact) mass is 272 g/mol. The maximum Gasteiger partial charge on any atom is 0.0406 e. The minimum Gasteiger partial charge on any atom is -0.151 e. The summed E-state index contributed by atoms with van der Waals surface area (Å²) in [5.74, 6) is 0. The zero-order valence-electron chi connectivity index (χ0n) is 6.63. The molecule has 0 fully saturated rings. The van der Waals surface area contributed by atoms with Crippen LogP contribution in [-0.4, -0.2) is 0 Å². The average molecular weight is 274 g/mol. The van der Waals surface area contributed by atoms with E-state index in [1.54, 1.807) is 11.3 Å². The van der Waals surface area contributed by atoms with Crippen molar-refractivity contribution < 1.29 is 0 Å². The quantitative estimate of drug-likeness (QED) is 0.698. The van der Waals surface area contributed by atoms with Gasteiger partial charge >= 0.3 is 0 Å². The first-order valence-corrected chi connectivity index (χ1v) is 5.86. The van der Waals surface area contributed by atoms with E-state index in [0.29, 0.717) is 0 Å². The van der Waals surface area contributed by atoms with Crippen LogP contribution < -0.4 is 0 Å². The van der Waals surface area contributed by atoms with Gasteiger partial charge in [-0.3, -0.25) is 0 Å². The van der Waals surface area contributed by atoms with E-state index in [0.717, 1.165) is 9.50 Å². The molecular weight excluding hydrogens is 268 g/mol. The molecule has 3 heteroatoms. The lowest BCUT2D eigenvalue weighted by atomic mass is 10.1. The third-order valence-electron chi connectivity index (χ3n) is 1.77. The van der Waals surface area contributed by atoms with Crippen LogP contribution >= 0.6 is 38.9 Å². The fraction of sp³-hybridized carbons (Fsp3) is 0. The second-order valence-electron chi connectivity index (χ2n) is 2.64. The van der Waals surface area contributed by atoms with Crippen molar-refractivity contribution in [3.05, 3.63) is 44.5 Å². The first-order chi connectivity index (χ1) is 6.27. The Balaban J connectivity index is 2.47. The Morgan fingerprint density at radius 3 is 2.31 bits per heavy atom. The summed E-state index contributed by atoms with van der Waals surface area (Å²) in [5, 5.41) is 4.96. The maximum atomic E-state index is 5.80. The SMILES string of the molecule is Clc1ccc(-c2cscc2Br)cc1. The number of halogens is 2. The fourth-order valence-corrected chi connectivity index (χ4v) is 2.78. The van der Waals surface area contributed by atoms with Crippen molar-refractivity contribution in [2.24, 2.45) is 0 Å². The maximum absolute atomic E-state index is 5.80. The van der Waals surface area contributed by atoms with Crippen molar-refractivity contribution in [3.63, 3.8) is 0 Å². The smallest absolute Gasteiger partial charge is 0.0406 e. The summed E-state index contributed by atoms with van der Waals surface area (Å²) in [4.78, 5) is 0. The Morgan fingerprint density at radius 2 is 1.77 bits per heavy atom. The molecular formula is C10H6BrClS. The molecule has 0 aliphatic carbocycles. The molecule has 0 amide bonds. The average Bonchev–Trinajstić information content (AvgIpc) is 2.53. The van der Waals surface area contributed by atoms with Crippen LogP contribution in [0.15, 0.2) is 39.5 Å². The predicted octanol–water partition coefficient (Wildman–Crippen LogP) is 4.83. The molecule has 1 aromatic heterocycles. The second kappa shape index (κ2) is 3.82. The van der Waals surface area contributed by atoms with Crippen molar-refractivity contribution in [3.8, 4) is 11.1 Å².